The highest BCUT2D eigenvalue weighted by Gasteiger charge is 2.40. The highest BCUT2D eigenvalue weighted by atomic mass is 79.9. The van der Waals surface area contributed by atoms with Gasteiger partial charge in [-0.15, -0.1) is 0 Å². The van der Waals surface area contributed by atoms with Crippen molar-refractivity contribution in [3.05, 3.63) is 148 Å². The lowest BCUT2D eigenvalue weighted by molar-refractivity contribution is -0.144. The number of methoxy groups -OCH3 is 1. The molecule has 4 rings (SSSR count). The number of esters is 1. The minimum atomic E-state index is -0.908. The van der Waals surface area contributed by atoms with E-state index in [0.29, 0.717) is 0 Å². The fourth-order valence-electron chi connectivity index (χ4n) is 4.47. The molecule has 0 amide bonds. The summed E-state index contributed by atoms with van der Waals surface area (Å²) in [6.07, 6.45) is 3.19. The van der Waals surface area contributed by atoms with Crippen molar-refractivity contribution in [3.63, 3.8) is 0 Å². The van der Waals surface area contributed by atoms with Crippen molar-refractivity contribution in [2.45, 2.75) is 18.0 Å². The van der Waals surface area contributed by atoms with Gasteiger partial charge in [0.05, 0.1) is 12.6 Å². The van der Waals surface area contributed by atoms with Crippen molar-refractivity contribution in [2.75, 3.05) is 7.11 Å². The number of nitrogens with one attached hydrogen (secondary N) is 1. The maximum absolute atomic E-state index is 13.1. The summed E-state index contributed by atoms with van der Waals surface area (Å²) in [6, 6.07) is 36.6. The van der Waals surface area contributed by atoms with Crippen molar-refractivity contribution < 1.29 is 14.3 Å². The third-order valence-electron chi connectivity index (χ3n) is 6.26. The number of allylic oxidation sites excluding steroid dienone is 1. The molecule has 0 bridgehead atoms. The molecule has 0 aliphatic heterocycles. The third-order valence-corrected chi connectivity index (χ3v) is 6.98. The van der Waals surface area contributed by atoms with Gasteiger partial charge in [-0.25, -0.2) is 0 Å². The van der Waals surface area contributed by atoms with E-state index in [0.717, 1.165) is 26.7 Å². The Bertz CT molecular complexity index is 1260. The zero-order valence-corrected chi connectivity index (χ0v) is 22.1. The van der Waals surface area contributed by atoms with E-state index >= 15 is 0 Å². The Morgan fingerprint density at radius 3 is 1.70 bits per heavy atom. The van der Waals surface area contributed by atoms with Gasteiger partial charge in [-0.1, -0.05) is 131 Å². The minimum absolute atomic E-state index is 0.0676. The summed E-state index contributed by atoms with van der Waals surface area (Å²) in [5, 5.41) is 3.57. The Morgan fingerprint density at radius 2 is 1.24 bits per heavy atom. The van der Waals surface area contributed by atoms with Gasteiger partial charge in [0.15, 0.2) is 5.78 Å². The lowest BCUT2D eigenvalue weighted by atomic mass is 9.76. The lowest BCUT2D eigenvalue weighted by Crippen LogP contribution is -2.53. The molecule has 0 aliphatic carbocycles. The SMILES string of the molecule is COC(=O)[C@H](CC(=O)/C=C/c1ccccc1Br)NC(c1ccccc1)(c1ccccc1)c1ccccc1. The van der Waals surface area contributed by atoms with Crippen LogP contribution in [0.15, 0.2) is 126 Å². The van der Waals surface area contributed by atoms with Crippen molar-refractivity contribution in [2.24, 2.45) is 0 Å². The summed E-state index contributed by atoms with van der Waals surface area (Å²) in [6.45, 7) is 0. The van der Waals surface area contributed by atoms with Crippen LogP contribution in [0, 0.1) is 0 Å². The van der Waals surface area contributed by atoms with Crippen LogP contribution in [-0.4, -0.2) is 24.9 Å². The molecule has 4 aromatic carbocycles. The van der Waals surface area contributed by atoms with Gasteiger partial charge in [-0.05, 0) is 34.4 Å². The molecule has 0 aliphatic rings. The number of ketones is 1. The van der Waals surface area contributed by atoms with E-state index in [-0.39, 0.29) is 12.2 Å². The molecule has 37 heavy (non-hydrogen) atoms. The quantitative estimate of drug-likeness (QED) is 0.137. The van der Waals surface area contributed by atoms with Gasteiger partial charge in [0, 0.05) is 10.9 Å². The number of carbonyl (C=O) groups excluding carboxylic acids is 2. The molecule has 186 valence electrons. The van der Waals surface area contributed by atoms with Crippen LogP contribution in [0.4, 0.5) is 0 Å². The molecule has 1 atom stereocenters. The fourth-order valence-corrected chi connectivity index (χ4v) is 4.89. The molecule has 4 aromatic rings. The van der Waals surface area contributed by atoms with Gasteiger partial charge in [0.25, 0.3) is 0 Å². The van der Waals surface area contributed by atoms with Gasteiger partial charge in [-0.2, -0.15) is 0 Å². The molecule has 0 spiro atoms. The highest BCUT2D eigenvalue weighted by Crippen LogP contribution is 2.37. The van der Waals surface area contributed by atoms with E-state index < -0.39 is 17.6 Å². The Hall–Kier alpha value is -3.80. The molecule has 0 aromatic heterocycles. The van der Waals surface area contributed by atoms with E-state index in [4.69, 9.17) is 4.74 Å². The summed E-state index contributed by atoms with van der Waals surface area (Å²) in [5.41, 5.74) is 2.80. The molecule has 1 N–H and O–H groups in total. The van der Waals surface area contributed by atoms with Crippen molar-refractivity contribution >= 4 is 33.8 Å². The zero-order chi connectivity index (χ0) is 26.1. The molecule has 0 radical (unpaired) electrons. The van der Waals surface area contributed by atoms with Crippen LogP contribution in [0.5, 0.6) is 0 Å². The molecule has 0 saturated carbocycles. The van der Waals surface area contributed by atoms with Crippen LogP contribution in [0.3, 0.4) is 0 Å². The first-order chi connectivity index (χ1) is 18.0. The van der Waals surface area contributed by atoms with E-state index in [1.807, 2.05) is 115 Å². The predicted molar refractivity (Wildman–Crippen MR) is 151 cm³/mol. The number of hydrogen-bond acceptors (Lipinski definition) is 4. The van der Waals surface area contributed by atoms with Gasteiger partial charge in [-0.3, -0.25) is 14.9 Å². The number of hydrogen-bond donors (Lipinski definition) is 1. The standard InChI is InChI=1S/C32H28BrNO3/c1-37-31(36)30(23-28(35)22-21-24-13-11-12-20-29(24)33)34-32(25-14-5-2-6-15-25,26-16-7-3-8-17-26)27-18-9-4-10-19-27/h2-22,30,34H,23H2,1H3/b22-21+/t30-/m0/s1. The molecule has 0 fully saturated rings. The average Bonchev–Trinajstić information content (AvgIpc) is 2.96. The van der Waals surface area contributed by atoms with E-state index in [9.17, 15) is 9.59 Å². The Labute approximate surface area is 226 Å². The molecule has 0 heterocycles. The molecule has 0 saturated heterocycles. The summed E-state index contributed by atoms with van der Waals surface area (Å²) >= 11 is 3.50. The predicted octanol–water partition coefficient (Wildman–Crippen LogP) is 6.54. The number of benzene rings is 4. The highest BCUT2D eigenvalue weighted by molar-refractivity contribution is 9.10. The van der Waals surface area contributed by atoms with Crippen LogP contribution < -0.4 is 5.32 Å². The van der Waals surface area contributed by atoms with Gasteiger partial charge >= 0.3 is 5.97 Å². The second-order valence-electron chi connectivity index (χ2n) is 8.59. The topological polar surface area (TPSA) is 55.4 Å². The van der Waals surface area contributed by atoms with Crippen LogP contribution in [0.2, 0.25) is 0 Å². The van der Waals surface area contributed by atoms with Crippen LogP contribution in [-0.2, 0) is 19.9 Å². The summed E-state index contributed by atoms with van der Waals surface area (Å²) in [5.74, 6) is -0.698. The summed E-state index contributed by atoms with van der Waals surface area (Å²) in [4.78, 5) is 26.2. The first-order valence-electron chi connectivity index (χ1n) is 12.0. The smallest absolute Gasteiger partial charge is 0.323 e. The zero-order valence-electron chi connectivity index (χ0n) is 20.5. The van der Waals surface area contributed by atoms with Crippen molar-refractivity contribution in [1.29, 1.82) is 0 Å². The second-order valence-corrected chi connectivity index (χ2v) is 9.45. The third kappa shape index (κ3) is 6.13. The van der Waals surface area contributed by atoms with Gasteiger partial charge < -0.3 is 4.74 Å². The Morgan fingerprint density at radius 1 is 0.784 bits per heavy atom. The van der Waals surface area contributed by atoms with Crippen molar-refractivity contribution in [1.82, 2.24) is 5.32 Å². The van der Waals surface area contributed by atoms with Crippen LogP contribution >= 0.6 is 15.9 Å². The van der Waals surface area contributed by atoms with E-state index in [1.165, 1.54) is 13.2 Å². The number of halogens is 1. The molecular weight excluding hydrogens is 526 g/mol. The monoisotopic (exact) mass is 553 g/mol. The number of ether oxygens (including phenoxy) is 1. The molecular formula is C32H28BrNO3. The Kier molecular flexibility index (Phi) is 8.83. The van der Waals surface area contributed by atoms with E-state index in [1.54, 1.807) is 6.08 Å². The van der Waals surface area contributed by atoms with Crippen LogP contribution in [0.1, 0.15) is 28.7 Å². The maximum Gasteiger partial charge on any atom is 0.323 e. The lowest BCUT2D eigenvalue weighted by Gasteiger charge is -2.39. The second kappa shape index (κ2) is 12.4. The molecule has 5 heteroatoms. The maximum atomic E-state index is 13.1. The van der Waals surface area contributed by atoms with E-state index in [2.05, 4.69) is 21.2 Å². The summed E-state index contributed by atoms with van der Waals surface area (Å²) < 4.78 is 6.05. The van der Waals surface area contributed by atoms with Crippen LogP contribution in [0.25, 0.3) is 6.08 Å². The normalized spacial score (nSPS) is 12.3. The van der Waals surface area contributed by atoms with Crippen molar-refractivity contribution in [3.8, 4) is 0 Å². The van der Waals surface area contributed by atoms with Gasteiger partial charge in [0.2, 0.25) is 0 Å². The first kappa shape index (κ1) is 26.3. The fraction of sp³-hybridized carbons (Fsp3) is 0.125. The molecule has 4 nitrogen and oxygen atoms in total. The largest absolute Gasteiger partial charge is 0.468 e. The first-order valence-corrected chi connectivity index (χ1v) is 12.8. The molecule has 0 unspecified atom stereocenters. The summed E-state index contributed by atoms with van der Waals surface area (Å²) in [7, 11) is 1.34. The number of rotatable bonds is 10. The minimum Gasteiger partial charge on any atom is -0.468 e. The van der Waals surface area contributed by atoms with Gasteiger partial charge in [0.1, 0.15) is 6.04 Å². The number of carbonyl (C=O) groups is 2. The average molecular weight is 554 g/mol. The Balaban J connectivity index is 1.77.